The number of benzene rings is 2. The maximum atomic E-state index is 6.74. The minimum absolute atomic E-state index is 0.277. The fourth-order valence-corrected chi connectivity index (χ4v) is 4.30. The SMILES string of the molecule is COc1cnc2c(C3(N)C=NC(Nc4nnc(-c5ccccc5)c5ccccc45)=NC3)ccnc2c1. The summed E-state index contributed by atoms with van der Waals surface area (Å²) in [4.78, 5) is 18.1. The summed E-state index contributed by atoms with van der Waals surface area (Å²) in [6.45, 7) is 0.277. The van der Waals surface area contributed by atoms with E-state index in [-0.39, 0.29) is 6.54 Å². The van der Waals surface area contributed by atoms with Crippen molar-refractivity contribution in [1.82, 2.24) is 20.2 Å². The van der Waals surface area contributed by atoms with Gasteiger partial charge in [-0.3, -0.25) is 9.97 Å². The molecule has 9 nitrogen and oxygen atoms in total. The predicted octanol–water partition coefficient (Wildman–Crippen LogP) is 3.96. The second-order valence-electron chi connectivity index (χ2n) is 8.47. The molecule has 0 aliphatic carbocycles. The number of guanidine groups is 1. The van der Waals surface area contributed by atoms with E-state index in [2.05, 4.69) is 35.5 Å². The van der Waals surface area contributed by atoms with Crippen LogP contribution in [0.15, 0.2) is 89.1 Å². The molecular formula is C27H22N8O. The normalized spacial score (nSPS) is 17.2. The van der Waals surface area contributed by atoms with Crippen molar-refractivity contribution in [2.75, 3.05) is 19.0 Å². The number of aliphatic imine (C=N–C) groups is 2. The molecule has 0 fully saturated rings. The van der Waals surface area contributed by atoms with Gasteiger partial charge >= 0.3 is 0 Å². The average Bonchev–Trinajstić information content (AvgIpc) is 2.94. The highest BCUT2D eigenvalue weighted by Crippen LogP contribution is 2.31. The van der Waals surface area contributed by atoms with Crippen LogP contribution in [0.3, 0.4) is 0 Å². The standard InChI is InChI=1S/C27H22N8O/c1-36-18-13-22-24(30-14-18)21(11-12-29-22)27(28)15-31-26(32-16-27)33-25-20-10-6-5-9-19(20)23(34-35-25)17-7-3-2-4-8-17/h2-15H,16,28H2,1H3,(H,32,33,35). The second-order valence-corrected chi connectivity index (χ2v) is 8.47. The third-order valence-electron chi connectivity index (χ3n) is 6.16. The molecule has 5 aromatic rings. The average molecular weight is 475 g/mol. The molecule has 0 saturated heterocycles. The Morgan fingerprint density at radius 3 is 2.53 bits per heavy atom. The van der Waals surface area contributed by atoms with E-state index < -0.39 is 5.54 Å². The van der Waals surface area contributed by atoms with E-state index in [1.807, 2.05) is 66.7 Å². The number of ether oxygens (including phenoxy) is 1. The summed E-state index contributed by atoms with van der Waals surface area (Å²) >= 11 is 0. The zero-order valence-corrected chi connectivity index (χ0v) is 19.5. The Balaban J connectivity index is 1.30. The van der Waals surface area contributed by atoms with Crippen LogP contribution >= 0.6 is 0 Å². The number of fused-ring (bicyclic) bond motifs is 2. The van der Waals surface area contributed by atoms with Gasteiger partial charge < -0.3 is 15.8 Å². The molecule has 9 heteroatoms. The summed E-state index contributed by atoms with van der Waals surface area (Å²) in [7, 11) is 1.59. The summed E-state index contributed by atoms with van der Waals surface area (Å²) < 4.78 is 5.27. The van der Waals surface area contributed by atoms with Crippen LogP contribution in [0.25, 0.3) is 33.1 Å². The van der Waals surface area contributed by atoms with E-state index in [0.29, 0.717) is 28.6 Å². The van der Waals surface area contributed by atoms with Crippen molar-refractivity contribution in [1.29, 1.82) is 0 Å². The Bertz CT molecular complexity index is 1650. The number of hydrogen-bond acceptors (Lipinski definition) is 9. The number of nitrogens with one attached hydrogen (secondary N) is 1. The van der Waals surface area contributed by atoms with Crippen LogP contribution in [0, 0.1) is 0 Å². The van der Waals surface area contributed by atoms with Gasteiger partial charge in [-0.25, -0.2) is 9.98 Å². The monoisotopic (exact) mass is 474 g/mol. The maximum Gasteiger partial charge on any atom is 0.223 e. The van der Waals surface area contributed by atoms with Crippen LogP contribution in [0.4, 0.5) is 5.82 Å². The minimum atomic E-state index is -0.932. The van der Waals surface area contributed by atoms with E-state index in [1.165, 1.54) is 0 Å². The van der Waals surface area contributed by atoms with Crippen molar-refractivity contribution >= 4 is 39.8 Å². The molecule has 1 aliphatic rings. The lowest BCUT2D eigenvalue weighted by atomic mass is 9.91. The van der Waals surface area contributed by atoms with Crippen LogP contribution in [-0.2, 0) is 5.54 Å². The summed E-state index contributed by atoms with van der Waals surface area (Å²) in [6, 6.07) is 21.7. The molecule has 0 spiro atoms. The molecule has 6 rings (SSSR count). The predicted molar refractivity (Wildman–Crippen MR) is 141 cm³/mol. The van der Waals surface area contributed by atoms with Gasteiger partial charge in [0, 0.05) is 40.4 Å². The number of aromatic nitrogens is 4. The number of hydrogen-bond donors (Lipinski definition) is 2. The van der Waals surface area contributed by atoms with E-state index >= 15 is 0 Å². The smallest absolute Gasteiger partial charge is 0.223 e. The largest absolute Gasteiger partial charge is 0.495 e. The Kier molecular flexibility index (Phi) is 5.31. The van der Waals surface area contributed by atoms with Crippen LogP contribution in [-0.4, -0.2) is 46.0 Å². The number of nitrogens with zero attached hydrogens (tertiary/aromatic N) is 6. The Morgan fingerprint density at radius 2 is 1.75 bits per heavy atom. The Hall–Kier alpha value is -4.76. The van der Waals surface area contributed by atoms with Gasteiger partial charge in [-0.1, -0.05) is 54.6 Å². The van der Waals surface area contributed by atoms with Crippen molar-refractivity contribution in [2.24, 2.45) is 15.7 Å². The highest BCUT2D eigenvalue weighted by molar-refractivity contribution is 6.08. The fourth-order valence-electron chi connectivity index (χ4n) is 4.30. The number of methoxy groups -OCH3 is 1. The van der Waals surface area contributed by atoms with Crippen LogP contribution in [0.2, 0.25) is 0 Å². The van der Waals surface area contributed by atoms with Crippen LogP contribution < -0.4 is 15.8 Å². The highest BCUT2D eigenvalue weighted by Gasteiger charge is 2.31. The molecule has 3 aromatic heterocycles. The molecule has 2 aromatic carbocycles. The zero-order chi connectivity index (χ0) is 24.5. The molecule has 4 heterocycles. The molecule has 0 radical (unpaired) electrons. The van der Waals surface area contributed by atoms with Crippen molar-refractivity contribution in [2.45, 2.75) is 5.54 Å². The van der Waals surface area contributed by atoms with Crippen LogP contribution in [0.5, 0.6) is 5.75 Å². The first-order valence-corrected chi connectivity index (χ1v) is 11.4. The van der Waals surface area contributed by atoms with Crippen LogP contribution in [0.1, 0.15) is 5.56 Å². The van der Waals surface area contributed by atoms with Crippen molar-refractivity contribution in [3.05, 3.63) is 84.7 Å². The van der Waals surface area contributed by atoms with Crippen molar-refractivity contribution in [3.63, 3.8) is 0 Å². The van der Waals surface area contributed by atoms with Gasteiger partial charge in [-0.05, 0) is 6.07 Å². The van der Waals surface area contributed by atoms with Gasteiger partial charge in [-0.2, -0.15) is 0 Å². The zero-order valence-electron chi connectivity index (χ0n) is 19.5. The van der Waals surface area contributed by atoms with Gasteiger partial charge in [0.05, 0.1) is 36.4 Å². The quantitative estimate of drug-likeness (QED) is 0.404. The van der Waals surface area contributed by atoms with Crippen molar-refractivity contribution in [3.8, 4) is 17.0 Å². The van der Waals surface area contributed by atoms with Gasteiger partial charge in [-0.15, -0.1) is 10.2 Å². The molecule has 0 saturated carbocycles. The van der Waals surface area contributed by atoms with Gasteiger partial charge in [0.25, 0.3) is 0 Å². The Morgan fingerprint density at radius 1 is 0.944 bits per heavy atom. The molecule has 3 N–H and O–H groups in total. The number of anilines is 1. The molecule has 176 valence electrons. The third kappa shape index (κ3) is 3.81. The van der Waals surface area contributed by atoms with Gasteiger partial charge in [0.1, 0.15) is 11.4 Å². The van der Waals surface area contributed by atoms with E-state index in [9.17, 15) is 0 Å². The molecule has 1 atom stereocenters. The number of pyridine rings is 2. The molecule has 1 unspecified atom stereocenters. The number of nitrogens with two attached hydrogens (primary N) is 1. The lowest BCUT2D eigenvalue weighted by molar-refractivity contribution is 0.413. The number of rotatable bonds is 4. The van der Waals surface area contributed by atoms with E-state index in [0.717, 1.165) is 27.6 Å². The fraction of sp³-hybridized carbons (Fsp3) is 0.111. The molecule has 1 aliphatic heterocycles. The first-order chi connectivity index (χ1) is 17.6. The van der Waals surface area contributed by atoms with Crippen molar-refractivity contribution < 1.29 is 4.74 Å². The summed E-state index contributed by atoms with van der Waals surface area (Å²) in [5.41, 5.74) is 9.80. The summed E-state index contributed by atoms with van der Waals surface area (Å²) in [6.07, 6.45) is 5.04. The highest BCUT2D eigenvalue weighted by atomic mass is 16.5. The minimum Gasteiger partial charge on any atom is -0.495 e. The van der Waals surface area contributed by atoms with E-state index in [1.54, 1.807) is 25.7 Å². The molecular weight excluding hydrogens is 452 g/mol. The summed E-state index contributed by atoms with van der Waals surface area (Å²) in [5, 5.41) is 14.1. The second kappa shape index (κ2) is 8.79. The first kappa shape index (κ1) is 21.8. The summed E-state index contributed by atoms with van der Waals surface area (Å²) in [5.74, 6) is 1.62. The maximum absolute atomic E-state index is 6.74. The molecule has 36 heavy (non-hydrogen) atoms. The third-order valence-corrected chi connectivity index (χ3v) is 6.16. The van der Waals surface area contributed by atoms with E-state index in [4.69, 9.17) is 10.5 Å². The first-order valence-electron chi connectivity index (χ1n) is 11.4. The Labute approximate surface area is 206 Å². The van der Waals surface area contributed by atoms with Gasteiger partial charge in [0.15, 0.2) is 5.82 Å². The lowest BCUT2D eigenvalue weighted by Gasteiger charge is -2.27. The molecule has 0 bridgehead atoms. The lowest BCUT2D eigenvalue weighted by Crippen LogP contribution is -2.44. The van der Waals surface area contributed by atoms with Gasteiger partial charge in [0.2, 0.25) is 5.96 Å². The topological polar surface area (TPSA) is 124 Å². The molecule has 0 amide bonds.